The van der Waals surface area contributed by atoms with Gasteiger partial charge >= 0.3 is 0 Å². The van der Waals surface area contributed by atoms with E-state index in [0.717, 1.165) is 22.5 Å². The molecule has 6 nitrogen and oxygen atoms in total. The number of fused-ring (bicyclic) bond motifs is 1. The molecule has 0 bridgehead atoms. The minimum Gasteiger partial charge on any atom is -0.341 e. The van der Waals surface area contributed by atoms with Crippen LogP contribution >= 0.6 is 0 Å². The lowest BCUT2D eigenvalue weighted by Gasteiger charge is -2.18. The van der Waals surface area contributed by atoms with Crippen LogP contribution in [0.25, 0.3) is 5.78 Å². The molecule has 0 atom stereocenters. The van der Waals surface area contributed by atoms with Crippen LogP contribution in [0.4, 0.5) is 0 Å². The van der Waals surface area contributed by atoms with Crippen LogP contribution in [0.1, 0.15) is 34.5 Å². The van der Waals surface area contributed by atoms with E-state index in [9.17, 15) is 4.79 Å². The van der Waals surface area contributed by atoms with Gasteiger partial charge in [0.2, 0.25) is 5.91 Å². The van der Waals surface area contributed by atoms with Crippen molar-refractivity contribution < 1.29 is 4.79 Å². The zero-order valence-corrected chi connectivity index (χ0v) is 15.2. The Morgan fingerprint density at radius 3 is 2.60 bits per heavy atom. The van der Waals surface area contributed by atoms with E-state index >= 15 is 0 Å². The maximum absolute atomic E-state index is 12.5. The molecule has 0 aliphatic heterocycles. The van der Waals surface area contributed by atoms with Gasteiger partial charge in [-0.25, -0.2) is 9.50 Å². The van der Waals surface area contributed by atoms with Crippen molar-refractivity contribution in [1.29, 1.82) is 0 Å². The summed E-state index contributed by atoms with van der Waals surface area (Å²) in [7, 11) is 1.85. The van der Waals surface area contributed by atoms with E-state index in [1.807, 2.05) is 20.9 Å². The quantitative estimate of drug-likeness (QED) is 0.718. The van der Waals surface area contributed by atoms with Crippen molar-refractivity contribution >= 4 is 11.7 Å². The molecule has 0 fully saturated rings. The standard InChI is InChI=1S/C19H23N5O/c1-13-5-7-16(8-6-13)11-23(4)18(25)10-9-17-14(2)22-19-20-12-21-24(19)15(17)3/h5-8,12H,9-11H2,1-4H3. The first-order valence-corrected chi connectivity index (χ1v) is 8.41. The summed E-state index contributed by atoms with van der Waals surface area (Å²) in [5.74, 6) is 0.722. The number of nitrogens with zero attached hydrogens (tertiary/aromatic N) is 5. The molecule has 0 saturated carbocycles. The van der Waals surface area contributed by atoms with Crippen LogP contribution in [0.15, 0.2) is 30.6 Å². The molecular weight excluding hydrogens is 314 g/mol. The Morgan fingerprint density at radius 1 is 1.16 bits per heavy atom. The van der Waals surface area contributed by atoms with Crippen LogP contribution in [0.2, 0.25) is 0 Å². The third-order valence-electron chi connectivity index (χ3n) is 4.54. The topological polar surface area (TPSA) is 63.4 Å². The van der Waals surface area contributed by atoms with E-state index < -0.39 is 0 Å². The normalized spacial score (nSPS) is 11.0. The lowest BCUT2D eigenvalue weighted by atomic mass is 10.1. The number of carbonyl (C=O) groups excluding carboxylic acids is 1. The van der Waals surface area contributed by atoms with Gasteiger partial charge in [-0.2, -0.15) is 10.1 Å². The van der Waals surface area contributed by atoms with Crippen molar-refractivity contribution in [2.75, 3.05) is 7.05 Å². The minimum atomic E-state index is 0.123. The molecule has 0 saturated heterocycles. The molecule has 0 N–H and O–H groups in total. The molecule has 0 radical (unpaired) electrons. The second kappa shape index (κ2) is 7.01. The number of rotatable bonds is 5. The third kappa shape index (κ3) is 3.68. The second-order valence-electron chi connectivity index (χ2n) is 6.47. The monoisotopic (exact) mass is 337 g/mol. The van der Waals surface area contributed by atoms with Crippen molar-refractivity contribution in [2.45, 2.75) is 40.2 Å². The van der Waals surface area contributed by atoms with Crippen molar-refractivity contribution in [3.05, 3.63) is 58.7 Å². The van der Waals surface area contributed by atoms with E-state index in [-0.39, 0.29) is 5.91 Å². The van der Waals surface area contributed by atoms with Gasteiger partial charge in [0.05, 0.1) is 0 Å². The summed E-state index contributed by atoms with van der Waals surface area (Å²) in [5, 5.41) is 4.19. The van der Waals surface area contributed by atoms with E-state index in [0.29, 0.717) is 25.2 Å². The second-order valence-corrected chi connectivity index (χ2v) is 6.47. The van der Waals surface area contributed by atoms with E-state index in [2.05, 4.69) is 46.3 Å². The lowest BCUT2D eigenvalue weighted by Crippen LogP contribution is -2.26. The lowest BCUT2D eigenvalue weighted by molar-refractivity contribution is -0.130. The molecular formula is C19H23N5O. The first-order chi connectivity index (χ1) is 12.0. The molecule has 6 heteroatoms. The number of amides is 1. The van der Waals surface area contributed by atoms with Gasteiger partial charge < -0.3 is 4.90 Å². The van der Waals surface area contributed by atoms with E-state index in [1.54, 1.807) is 9.42 Å². The van der Waals surface area contributed by atoms with Gasteiger partial charge in [-0.15, -0.1) is 0 Å². The molecule has 2 aromatic heterocycles. The SMILES string of the molecule is Cc1ccc(CN(C)C(=O)CCc2c(C)nc3ncnn3c2C)cc1. The zero-order valence-electron chi connectivity index (χ0n) is 15.2. The summed E-state index contributed by atoms with van der Waals surface area (Å²) in [6.45, 7) is 6.63. The average molecular weight is 337 g/mol. The Bertz CT molecular complexity index is 898. The fraction of sp³-hybridized carbons (Fsp3) is 0.368. The molecule has 0 aliphatic carbocycles. The van der Waals surface area contributed by atoms with Crippen molar-refractivity contribution in [3.63, 3.8) is 0 Å². The fourth-order valence-electron chi connectivity index (χ4n) is 3.00. The molecule has 3 aromatic rings. The molecule has 25 heavy (non-hydrogen) atoms. The van der Waals surface area contributed by atoms with Gasteiger partial charge in [-0.3, -0.25) is 4.79 Å². The van der Waals surface area contributed by atoms with Crippen molar-refractivity contribution in [1.82, 2.24) is 24.5 Å². The van der Waals surface area contributed by atoms with E-state index in [1.165, 1.54) is 11.9 Å². The first-order valence-electron chi connectivity index (χ1n) is 8.41. The number of carbonyl (C=O) groups is 1. The van der Waals surface area contributed by atoms with E-state index in [4.69, 9.17) is 0 Å². The average Bonchev–Trinajstić information content (AvgIpc) is 3.05. The molecule has 0 aliphatic rings. The number of benzene rings is 1. The van der Waals surface area contributed by atoms with Crippen molar-refractivity contribution in [3.8, 4) is 0 Å². The number of aromatic nitrogens is 4. The summed E-state index contributed by atoms with van der Waals surface area (Å²) < 4.78 is 1.73. The van der Waals surface area contributed by atoms with Crippen LogP contribution < -0.4 is 0 Å². The Morgan fingerprint density at radius 2 is 1.88 bits per heavy atom. The highest BCUT2D eigenvalue weighted by atomic mass is 16.2. The van der Waals surface area contributed by atoms with Gasteiger partial charge in [0.1, 0.15) is 6.33 Å². The van der Waals surface area contributed by atoms with Crippen LogP contribution in [0.3, 0.4) is 0 Å². The van der Waals surface area contributed by atoms with Crippen LogP contribution in [-0.4, -0.2) is 37.4 Å². The molecule has 1 amide bonds. The smallest absolute Gasteiger partial charge is 0.252 e. The highest BCUT2D eigenvalue weighted by Crippen LogP contribution is 2.16. The molecule has 0 unspecified atom stereocenters. The van der Waals surface area contributed by atoms with Gasteiger partial charge in [-0.1, -0.05) is 29.8 Å². The summed E-state index contributed by atoms with van der Waals surface area (Å²) in [6, 6.07) is 8.27. The van der Waals surface area contributed by atoms with Crippen LogP contribution in [0, 0.1) is 20.8 Å². The largest absolute Gasteiger partial charge is 0.341 e. The number of hydrogen-bond acceptors (Lipinski definition) is 4. The minimum absolute atomic E-state index is 0.123. The van der Waals surface area contributed by atoms with Crippen molar-refractivity contribution in [2.24, 2.45) is 0 Å². The van der Waals surface area contributed by atoms with Crippen LogP contribution in [-0.2, 0) is 17.8 Å². The third-order valence-corrected chi connectivity index (χ3v) is 4.54. The fourth-order valence-corrected chi connectivity index (χ4v) is 3.00. The number of aryl methyl sites for hydroxylation is 3. The predicted octanol–water partition coefficient (Wildman–Crippen LogP) is 2.64. The maximum atomic E-state index is 12.5. The summed E-state index contributed by atoms with van der Waals surface area (Å²) >= 11 is 0. The number of hydrogen-bond donors (Lipinski definition) is 0. The Kier molecular flexibility index (Phi) is 4.79. The van der Waals surface area contributed by atoms with Gasteiger partial charge in [0.15, 0.2) is 0 Å². The van der Waals surface area contributed by atoms with Gasteiger partial charge in [0, 0.05) is 31.4 Å². The molecule has 2 heterocycles. The predicted molar refractivity (Wildman–Crippen MR) is 96.2 cm³/mol. The summed E-state index contributed by atoms with van der Waals surface area (Å²) in [6.07, 6.45) is 2.60. The maximum Gasteiger partial charge on any atom is 0.252 e. The van der Waals surface area contributed by atoms with Gasteiger partial charge in [0.25, 0.3) is 5.78 Å². The van der Waals surface area contributed by atoms with Crippen LogP contribution in [0.5, 0.6) is 0 Å². The summed E-state index contributed by atoms with van der Waals surface area (Å²) in [4.78, 5) is 22.9. The van der Waals surface area contributed by atoms with Gasteiger partial charge in [-0.05, 0) is 38.3 Å². The highest BCUT2D eigenvalue weighted by molar-refractivity contribution is 5.76. The molecule has 0 spiro atoms. The Hall–Kier alpha value is -2.76. The Labute approximate surface area is 147 Å². The first kappa shape index (κ1) is 17.1. The zero-order chi connectivity index (χ0) is 18.0. The Balaban J connectivity index is 1.66. The molecule has 130 valence electrons. The molecule has 1 aromatic carbocycles. The highest BCUT2D eigenvalue weighted by Gasteiger charge is 2.14. The summed E-state index contributed by atoms with van der Waals surface area (Å²) in [5.41, 5.74) is 5.33. The molecule has 3 rings (SSSR count).